The maximum absolute atomic E-state index is 3.62. The second-order valence-corrected chi connectivity index (χ2v) is 4.69. The van der Waals surface area contributed by atoms with E-state index in [0.29, 0.717) is 0 Å². The monoisotopic (exact) mass is 202 g/mol. The summed E-state index contributed by atoms with van der Waals surface area (Å²) in [7, 11) is 0. The molecule has 0 spiro atoms. The van der Waals surface area contributed by atoms with Crippen molar-refractivity contribution in [3.05, 3.63) is 0 Å². The van der Waals surface area contributed by atoms with Gasteiger partial charge in [-0.05, 0) is 25.3 Å². The van der Waals surface area contributed by atoms with Crippen LogP contribution in [0.5, 0.6) is 0 Å². The van der Waals surface area contributed by atoms with Gasteiger partial charge in [-0.15, -0.1) is 0 Å². The maximum Gasteiger partial charge on any atom is 0.0166 e. The summed E-state index contributed by atoms with van der Waals surface area (Å²) < 4.78 is 0. The number of thioether (sulfide) groups is 1. The molecule has 78 valence electrons. The Bertz CT molecular complexity index is 118. The van der Waals surface area contributed by atoms with Gasteiger partial charge < -0.3 is 10.2 Å². The van der Waals surface area contributed by atoms with Gasteiger partial charge >= 0.3 is 0 Å². The van der Waals surface area contributed by atoms with Gasteiger partial charge in [0.2, 0.25) is 0 Å². The van der Waals surface area contributed by atoms with Crippen molar-refractivity contribution in [1.82, 2.24) is 10.2 Å². The predicted molar refractivity (Wildman–Crippen MR) is 61.5 cm³/mol. The van der Waals surface area contributed by atoms with E-state index in [1.807, 2.05) is 0 Å². The largest absolute Gasteiger partial charge is 0.312 e. The highest BCUT2D eigenvalue weighted by Crippen LogP contribution is 2.16. The molecule has 1 aliphatic heterocycles. The van der Waals surface area contributed by atoms with Crippen molar-refractivity contribution in [1.29, 1.82) is 0 Å². The third-order valence-electron chi connectivity index (χ3n) is 2.69. The minimum absolute atomic E-state index is 0.792. The third-order valence-corrected chi connectivity index (χ3v) is 3.85. The first-order valence-electron chi connectivity index (χ1n) is 5.40. The Morgan fingerprint density at radius 3 is 2.69 bits per heavy atom. The number of hydrogen-bond acceptors (Lipinski definition) is 3. The molecule has 0 aromatic rings. The van der Waals surface area contributed by atoms with E-state index in [1.54, 1.807) is 0 Å². The molecule has 0 aromatic carbocycles. The van der Waals surface area contributed by atoms with Gasteiger partial charge in [0.1, 0.15) is 0 Å². The fraction of sp³-hybridized carbons (Fsp3) is 1.00. The standard InChI is InChI=1S/C10H22N2S/c1-3-12(4-2)7-6-11-10-5-8-13-9-10/h10-11H,3-9H2,1-2H3/t10-/m0/s1. The molecule has 1 heterocycles. The summed E-state index contributed by atoms with van der Waals surface area (Å²) >= 11 is 2.08. The first-order chi connectivity index (χ1) is 6.36. The van der Waals surface area contributed by atoms with Gasteiger partial charge in [0, 0.05) is 24.9 Å². The molecule has 13 heavy (non-hydrogen) atoms. The molecule has 0 bridgehead atoms. The summed E-state index contributed by atoms with van der Waals surface area (Å²) in [6.07, 6.45) is 1.36. The van der Waals surface area contributed by atoms with Crippen LogP contribution in [0, 0.1) is 0 Å². The Morgan fingerprint density at radius 2 is 2.15 bits per heavy atom. The van der Waals surface area contributed by atoms with Crippen molar-refractivity contribution in [2.24, 2.45) is 0 Å². The van der Waals surface area contributed by atoms with Gasteiger partial charge in [-0.3, -0.25) is 0 Å². The van der Waals surface area contributed by atoms with E-state index in [9.17, 15) is 0 Å². The normalized spacial score (nSPS) is 22.8. The molecule has 0 aromatic heterocycles. The molecule has 1 saturated heterocycles. The molecule has 1 rings (SSSR count). The summed E-state index contributed by atoms with van der Waals surface area (Å²) in [5, 5.41) is 3.62. The average Bonchev–Trinajstić information content (AvgIpc) is 2.65. The Balaban J connectivity index is 1.98. The maximum atomic E-state index is 3.62. The smallest absolute Gasteiger partial charge is 0.0166 e. The first-order valence-corrected chi connectivity index (χ1v) is 6.55. The van der Waals surface area contributed by atoms with Crippen LogP contribution in [0.4, 0.5) is 0 Å². The van der Waals surface area contributed by atoms with Gasteiger partial charge in [0.25, 0.3) is 0 Å². The summed E-state index contributed by atoms with van der Waals surface area (Å²) in [5.74, 6) is 2.67. The Kier molecular flexibility index (Phi) is 5.83. The van der Waals surface area contributed by atoms with Crippen molar-refractivity contribution >= 4 is 11.8 Å². The van der Waals surface area contributed by atoms with Crippen LogP contribution in [-0.2, 0) is 0 Å². The zero-order chi connectivity index (χ0) is 9.52. The zero-order valence-electron chi connectivity index (χ0n) is 8.88. The van der Waals surface area contributed by atoms with Crippen molar-refractivity contribution in [3.8, 4) is 0 Å². The van der Waals surface area contributed by atoms with E-state index < -0.39 is 0 Å². The Morgan fingerprint density at radius 1 is 1.38 bits per heavy atom. The van der Waals surface area contributed by atoms with Crippen molar-refractivity contribution in [3.63, 3.8) is 0 Å². The number of rotatable bonds is 6. The Labute approximate surface area is 86.5 Å². The molecule has 0 saturated carbocycles. The number of likely N-dealkylation sites (N-methyl/N-ethyl adjacent to an activating group) is 1. The molecule has 1 N–H and O–H groups in total. The lowest BCUT2D eigenvalue weighted by Gasteiger charge is -2.19. The van der Waals surface area contributed by atoms with E-state index in [2.05, 4.69) is 35.8 Å². The summed E-state index contributed by atoms with van der Waals surface area (Å²) in [5.41, 5.74) is 0. The van der Waals surface area contributed by atoms with E-state index in [4.69, 9.17) is 0 Å². The van der Waals surface area contributed by atoms with E-state index in [0.717, 1.165) is 12.6 Å². The minimum atomic E-state index is 0.792. The number of nitrogens with zero attached hydrogens (tertiary/aromatic N) is 1. The van der Waals surface area contributed by atoms with Crippen LogP contribution in [0.25, 0.3) is 0 Å². The first kappa shape index (κ1) is 11.3. The summed E-state index contributed by atoms with van der Waals surface area (Å²) in [6, 6.07) is 0.792. The van der Waals surface area contributed by atoms with Crippen molar-refractivity contribution in [2.45, 2.75) is 26.3 Å². The fourth-order valence-corrected chi connectivity index (χ4v) is 2.85. The highest BCUT2D eigenvalue weighted by atomic mass is 32.2. The molecular weight excluding hydrogens is 180 g/mol. The SMILES string of the molecule is CCN(CC)CCN[C@H]1CCSC1. The van der Waals surface area contributed by atoms with Crippen LogP contribution in [0.2, 0.25) is 0 Å². The van der Waals surface area contributed by atoms with Crippen LogP contribution in [-0.4, -0.2) is 48.6 Å². The van der Waals surface area contributed by atoms with Gasteiger partial charge in [0.15, 0.2) is 0 Å². The number of nitrogens with one attached hydrogen (secondary N) is 1. The molecule has 3 heteroatoms. The fourth-order valence-electron chi connectivity index (χ4n) is 1.66. The summed E-state index contributed by atoms with van der Waals surface area (Å²) in [4.78, 5) is 2.47. The molecule has 2 nitrogen and oxygen atoms in total. The average molecular weight is 202 g/mol. The third kappa shape index (κ3) is 4.34. The molecule has 1 fully saturated rings. The van der Waals surface area contributed by atoms with E-state index in [-0.39, 0.29) is 0 Å². The van der Waals surface area contributed by atoms with Crippen LogP contribution in [0.15, 0.2) is 0 Å². The topological polar surface area (TPSA) is 15.3 Å². The molecule has 1 atom stereocenters. The van der Waals surface area contributed by atoms with Crippen molar-refractivity contribution in [2.75, 3.05) is 37.7 Å². The van der Waals surface area contributed by atoms with Crippen LogP contribution in [0.3, 0.4) is 0 Å². The van der Waals surface area contributed by atoms with Crippen LogP contribution < -0.4 is 5.32 Å². The molecular formula is C10H22N2S. The number of hydrogen-bond donors (Lipinski definition) is 1. The van der Waals surface area contributed by atoms with Gasteiger partial charge in [-0.1, -0.05) is 13.8 Å². The molecule has 0 unspecified atom stereocenters. The van der Waals surface area contributed by atoms with Gasteiger partial charge in [0.05, 0.1) is 0 Å². The highest BCUT2D eigenvalue weighted by Gasteiger charge is 2.13. The lowest BCUT2D eigenvalue weighted by Crippen LogP contribution is -2.37. The second-order valence-electron chi connectivity index (χ2n) is 3.54. The van der Waals surface area contributed by atoms with Crippen LogP contribution >= 0.6 is 11.8 Å². The quantitative estimate of drug-likeness (QED) is 0.701. The van der Waals surface area contributed by atoms with E-state index in [1.165, 1.54) is 37.6 Å². The minimum Gasteiger partial charge on any atom is -0.312 e. The van der Waals surface area contributed by atoms with Gasteiger partial charge in [-0.2, -0.15) is 11.8 Å². The van der Waals surface area contributed by atoms with Gasteiger partial charge in [-0.25, -0.2) is 0 Å². The molecule has 0 aliphatic carbocycles. The lowest BCUT2D eigenvalue weighted by atomic mass is 10.2. The molecule has 0 radical (unpaired) electrons. The lowest BCUT2D eigenvalue weighted by molar-refractivity contribution is 0.298. The zero-order valence-corrected chi connectivity index (χ0v) is 9.70. The van der Waals surface area contributed by atoms with E-state index >= 15 is 0 Å². The summed E-state index contributed by atoms with van der Waals surface area (Å²) in [6.45, 7) is 9.18. The highest BCUT2D eigenvalue weighted by molar-refractivity contribution is 7.99. The Hall–Kier alpha value is 0.270. The second kappa shape index (κ2) is 6.68. The van der Waals surface area contributed by atoms with Crippen LogP contribution in [0.1, 0.15) is 20.3 Å². The predicted octanol–water partition coefficient (Wildman–Crippen LogP) is 1.42. The molecule has 0 amide bonds. The van der Waals surface area contributed by atoms with Crippen molar-refractivity contribution < 1.29 is 0 Å². The molecule has 1 aliphatic rings.